The zero-order chi connectivity index (χ0) is 11.4. The summed E-state index contributed by atoms with van der Waals surface area (Å²) in [6, 6.07) is 6.28. The number of nitrogens with two attached hydrogens (primary N) is 1. The van der Waals surface area contributed by atoms with Gasteiger partial charge in [-0.1, -0.05) is 23.8 Å². The fourth-order valence-electron chi connectivity index (χ4n) is 1.54. The number of hydrogen-bond donors (Lipinski definition) is 1. The number of rotatable bonds is 3. The van der Waals surface area contributed by atoms with Gasteiger partial charge >= 0.3 is 0 Å². The van der Waals surface area contributed by atoms with E-state index in [0.29, 0.717) is 6.42 Å². The van der Waals surface area contributed by atoms with Crippen LogP contribution in [0.4, 0.5) is 0 Å². The molecule has 0 atom stereocenters. The third-order valence-electron chi connectivity index (χ3n) is 2.50. The number of carbonyl (C=O) groups excluding carboxylic acids is 1. The third kappa shape index (κ3) is 3.36. The zero-order valence-electron chi connectivity index (χ0n) is 9.58. The van der Waals surface area contributed by atoms with E-state index in [9.17, 15) is 4.79 Å². The molecule has 1 rings (SSSR count). The van der Waals surface area contributed by atoms with E-state index in [0.717, 1.165) is 11.4 Å². The molecule has 2 N–H and O–H groups in total. The van der Waals surface area contributed by atoms with Crippen molar-refractivity contribution < 1.29 is 4.79 Å². The smallest absolute Gasteiger partial charge is 0.236 e. The van der Waals surface area contributed by atoms with E-state index in [-0.39, 0.29) is 5.91 Å². The van der Waals surface area contributed by atoms with Gasteiger partial charge in [-0.2, -0.15) is 0 Å². The van der Waals surface area contributed by atoms with Crippen LogP contribution in [0.2, 0.25) is 0 Å². The number of carbonyl (C=O) groups is 1. The fourth-order valence-corrected chi connectivity index (χ4v) is 1.54. The van der Waals surface area contributed by atoms with Gasteiger partial charge in [0, 0.05) is 13.5 Å². The highest BCUT2D eigenvalue weighted by molar-refractivity contribution is 5.75. The largest absolute Gasteiger partial charge is 0.284 e. The Bertz CT molecular complexity index is 359. The summed E-state index contributed by atoms with van der Waals surface area (Å²) < 4.78 is 0. The summed E-state index contributed by atoms with van der Waals surface area (Å²) in [6.45, 7) is 4.13. The monoisotopic (exact) mass is 206 g/mol. The first-order valence-corrected chi connectivity index (χ1v) is 5.08. The average molecular weight is 206 g/mol. The summed E-state index contributed by atoms with van der Waals surface area (Å²) in [5.74, 6) is 5.31. The van der Waals surface area contributed by atoms with Crippen LogP contribution in [0.15, 0.2) is 18.2 Å². The van der Waals surface area contributed by atoms with Gasteiger partial charge < -0.3 is 0 Å². The second-order valence-corrected chi connectivity index (χ2v) is 3.93. The molecule has 0 radical (unpaired) electrons. The normalized spacial score (nSPS) is 10.1. The first-order chi connectivity index (χ1) is 7.00. The predicted molar refractivity (Wildman–Crippen MR) is 61.2 cm³/mol. The molecule has 0 aromatic heterocycles. The molecule has 0 heterocycles. The predicted octanol–water partition coefficient (Wildman–Crippen LogP) is 1.57. The second-order valence-electron chi connectivity index (χ2n) is 3.93. The maximum absolute atomic E-state index is 11.3. The minimum Gasteiger partial charge on any atom is -0.284 e. The van der Waals surface area contributed by atoms with Gasteiger partial charge in [-0.05, 0) is 31.4 Å². The van der Waals surface area contributed by atoms with E-state index in [2.05, 4.69) is 32.0 Å². The highest BCUT2D eigenvalue weighted by atomic mass is 16.2. The maximum atomic E-state index is 11.3. The topological polar surface area (TPSA) is 46.3 Å². The van der Waals surface area contributed by atoms with Gasteiger partial charge in [0.25, 0.3) is 0 Å². The Kier molecular flexibility index (Phi) is 3.86. The molecule has 0 aliphatic rings. The second kappa shape index (κ2) is 4.94. The Morgan fingerprint density at radius 1 is 1.40 bits per heavy atom. The highest BCUT2D eigenvalue weighted by Gasteiger charge is 2.06. The number of aryl methyl sites for hydroxylation is 3. The van der Waals surface area contributed by atoms with Crippen LogP contribution in [0.5, 0.6) is 0 Å². The molecule has 0 bridgehead atoms. The van der Waals surface area contributed by atoms with Crippen molar-refractivity contribution >= 4 is 5.91 Å². The van der Waals surface area contributed by atoms with Crippen molar-refractivity contribution in [2.24, 2.45) is 5.84 Å². The average Bonchev–Trinajstić information content (AvgIpc) is 2.15. The molecule has 0 saturated carbocycles. The van der Waals surface area contributed by atoms with Crippen molar-refractivity contribution in [3.05, 3.63) is 34.9 Å². The summed E-state index contributed by atoms with van der Waals surface area (Å²) in [7, 11) is 1.57. The molecule has 1 aromatic rings. The molecule has 1 amide bonds. The minimum absolute atomic E-state index is 0.0324. The van der Waals surface area contributed by atoms with Gasteiger partial charge in [0.05, 0.1) is 0 Å². The number of benzene rings is 1. The van der Waals surface area contributed by atoms with E-state index in [4.69, 9.17) is 5.84 Å². The summed E-state index contributed by atoms with van der Waals surface area (Å²) in [5.41, 5.74) is 3.71. The van der Waals surface area contributed by atoms with Gasteiger partial charge in [0.2, 0.25) is 5.91 Å². The molecule has 0 aliphatic heterocycles. The molecule has 3 nitrogen and oxygen atoms in total. The van der Waals surface area contributed by atoms with Crippen molar-refractivity contribution in [3.8, 4) is 0 Å². The molecular formula is C12H18N2O. The molecule has 1 aromatic carbocycles. The summed E-state index contributed by atoms with van der Waals surface area (Å²) in [4.78, 5) is 11.3. The van der Waals surface area contributed by atoms with Crippen LogP contribution in [-0.4, -0.2) is 18.0 Å². The number of hydrazine groups is 1. The van der Waals surface area contributed by atoms with Gasteiger partial charge in [-0.25, -0.2) is 5.84 Å². The van der Waals surface area contributed by atoms with Crippen LogP contribution in [0.25, 0.3) is 0 Å². The Labute approximate surface area is 90.9 Å². The van der Waals surface area contributed by atoms with E-state index < -0.39 is 0 Å². The lowest BCUT2D eigenvalue weighted by molar-refractivity contribution is -0.130. The third-order valence-corrected chi connectivity index (χ3v) is 2.50. The molecule has 0 spiro atoms. The lowest BCUT2D eigenvalue weighted by atomic mass is 10.0. The highest BCUT2D eigenvalue weighted by Crippen LogP contribution is 2.12. The Morgan fingerprint density at radius 3 is 2.60 bits per heavy atom. The quantitative estimate of drug-likeness (QED) is 0.463. The lowest BCUT2D eigenvalue weighted by Gasteiger charge is -2.10. The SMILES string of the molecule is Cc1ccc(CCC(=O)N(C)N)c(C)c1. The van der Waals surface area contributed by atoms with Crippen molar-refractivity contribution in [1.29, 1.82) is 0 Å². The lowest BCUT2D eigenvalue weighted by Crippen LogP contribution is -2.33. The summed E-state index contributed by atoms with van der Waals surface area (Å²) in [6.07, 6.45) is 1.23. The molecular weight excluding hydrogens is 188 g/mol. The number of amides is 1. The summed E-state index contributed by atoms with van der Waals surface area (Å²) in [5, 5.41) is 1.14. The molecule has 0 aliphatic carbocycles. The van der Waals surface area contributed by atoms with Crippen LogP contribution in [0.1, 0.15) is 23.1 Å². The summed E-state index contributed by atoms with van der Waals surface area (Å²) >= 11 is 0. The van der Waals surface area contributed by atoms with Crippen molar-refractivity contribution in [3.63, 3.8) is 0 Å². The van der Waals surface area contributed by atoms with E-state index >= 15 is 0 Å². The first kappa shape index (κ1) is 11.7. The van der Waals surface area contributed by atoms with Crippen molar-refractivity contribution in [2.75, 3.05) is 7.05 Å². The molecule has 0 unspecified atom stereocenters. The molecule has 0 saturated heterocycles. The van der Waals surface area contributed by atoms with Gasteiger partial charge in [0.15, 0.2) is 0 Å². The van der Waals surface area contributed by atoms with Crippen LogP contribution in [0, 0.1) is 13.8 Å². The van der Waals surface area contributed by atoms with Crippen molar-refractivity contribution in [1.82, 2.24) is 5.01 Å². The first-order valence-electron chi connectivity index (χ1n) is 5.08. The van der Waals surface area contributed by atoms with E-state index in [1.807, 2.05) is 0 Å². The van der Waals surface area contributed by atoms with E-state index in [1.54, 1.807) is 7.05 Å². The van der Waals surface area contributed by atoms with E-state index in [1.165, 1.54) is 16.7 Å². The minimum atomic E-state index is -0.0324. The molecule has 0 fully saturated rings. The van der Waals surface area contributed by atoms with Gasteiger partial charge in [0.1, 0.15) is 0 Å². The van der Waals surface area contributed by atoms with Crippen LogP contribution < -0.4 is 5.84 Å². The standard InChI is InChI=1S/C12H18N2O/c1-9-4-5-11(10(2)8-9)6-7-12(15)14(3)13/h4-5,8H,6-7,13H2,1-3H3. The number of hydrogen-bond acceptors (Lipinski definition) is 2. The van der Waals surface area contributed by atoms with Crippen LogP contribution >= 0.6 is 0 Å². The molecule has 82 valence electrons. The van der Waals surface area contributed by atoms with Gasteiger partial charge in [-0.15, -0.1) is 0 Å². The number of nitrogens with zero attached hydrogens (tertiary/aromatic N) is 1. The van der Waals surface area contributed by atoms with Gasteiger partial charge in [-0.3, -0.25) is 9.80 Å². The Morgan fingerprint density at radius 2 is 2.07 bits per heavy atom. The molecule has 3 heteroatoms. The van der Waals surface area contributed by atoms with Crippen molar-refractivity contribution in [2.45, 2.75) is 26.7 Å². The van der Waals surface area contributed by atoms with Crippen LogP contribution in [-0.2, 0) is 11.2 Å². The Balaban J connectivity index is 2.62. The maximum Gasteiger partial charge on any atom is 0.236 e. The zero-order valence-corrected chi connectivity index (χ0v) is 9.58. The fraction of sp³-hybridized carbons (Fsp3) is 0.417. The van der Waals surface area contributed by atoms with Crippen LogP contribution in [0.3, 0.4) is 0 Å². The molecule has 15 heavy (non-hydrogen) atoms. The Hall–Kier alpha value is -1.35.